The first-order valence-electron chi connectivity index (χ1n) is 37.2. The number of fused-ring (bicyclic) bond motifs is 3. The summed E-state index contributed by atoms with van der Waals surface area (Å²) < 4.78 is 35.6. The molecule has 0 spiro atoms. The number of hydrogen-bond donors (Lipinski definition) is 7. The van der Waals surface area contributed by atoms with Crippen LogP contribution in [-0.4, -0.2) is 192 Å². The van der Waals surface area contributed by atoms with Gasteiger partial charge in [-0.1, -0.05) is 29.8 Å². The summed E-state index contributed by atoms with van der Waals surface area (Å²) in [6.07, 6.45) is 18.0. The lowest BCUT2D eigenvalue weighted by molar-refractivity contribution is 0.00731. The van der Waals surface area contributed by atoms with Gasteiger partial charge in [-0.2, -0.15) is 28.8 Å². The van der Waals surface area contributed by atoms with Crippen molar-refractivity contribution in [2.45, 2.75) is 128 Å². The summed E-state index contributed by atoms with van der Waals surface area (Å²) >= 11 is 6.15. The Kier molecular flexibility index (Phi) is 25.4. The lowest BCUT2D eigenvalue weighted by atomic mass is 9.89. The molecule has 3 unspecified atom stereocenters. The smallest absolute Gasteiger partial charge is 0.415 e. The van der Waals surface area contributed by atoms with E-state index in [4.69, 9.17) is 41.0 Å². The van der Waals surface area contributed by atoms with Crippen molar-refractivity contribution in [3.05, 3.63) is 218 Å². The molecule has 12 heterocycles. The highest BCUT2D eigenvalue weighted by Gasteiger charge is 2.37. The van der Waals surface area contributed by atoms with Crippen LogP contribution in [-0.2, 0) is 23.7 Å². The zero-order valence-corrected chi connectivity index (χ0v) is 66.9. The molecule has 117 heavy (non-hydrogen) atoms. The molecule has 0 radical (unpaired) electrons. The van der Waals surface area contributed by atoms with Gasteiger partial charge in [-0.05, 0) is 153 Å². The third-order valence-electron chi connectivity index (χ3n) is 18.9. The normalized spacial score (nSPS) is 16.6. The Morgan fingerprint density at radius 1 is 0.479 bits per heavy atom. The lowest BCUT2D eigenvalue weighted by Gasteiger charge is -2.35. The zero-order valence-electron chi connectivity index (χ0n) is 66.2. The highest BCUT2D eigenvalue weighted by atomic mass is 35.5. The monoisotopic (exact) mass is 1620 g/mol. The highest BCUT2D eigenvalue weighted by Crippen LogP contribution is 2.31. The lowest BCUT2D eigenvalue weighted by Crippen LogP contribution is -2.51. The Balaban J connectivity index is 0.000000151. The minimum Gasteiger partial charge on any atom is -0.443 e. The van der Waals surface area contributed by atoms with Crippen LogP contribution in [0.3, 0.4) is 0 Å². The summed E-state index contributed by atoms with van der Waals surface area (Å²) in [5.74, 6) is 2.38. The molecule has 8 N–H and O–H groups in total. The van der Waals surface area contributed by atoms with Gasteiger partial charge in [0.2, 0.25) is 0 Å². The van der Waals surface area contributed by atoms with Crippen molar-refractivity contribution in [2.24, 2.45) is 0 Å². The van der Waals surface area contributed by atoms with Crippen molar-refractivity contribution in [1.82, 2.24) is 88.4 Å². The van der Waals surface area contributed by atoms with Gasteiger partial charge in [-0.25, -0.2) is 39.5 Å². The van der Waals surface area contributed by atoms with Crippen molar-refractivity contribution < 1.29 is 47.7 Å². The van der Waals surface area contributed by atoms with E-state index in [1.54, 1.807) is 203 Å². The molecular weight excluding hydrogens is 1530 g/mol. The molecule has 0 aromatic carbocycles. The van der Waals surface area contributed by atoms with Crippen molar-refractivity contribution in [1.29, 1.82) is 0 Å². The molecule has 38 heteroatoms. The summed E-state index contributed by atoms with van der Waals surface area (Å²) in [6, 6.07) is 30.5. The molecule has 12 aromatic rings. The average Bonchev–Trinajstić information content (AvgIpc) is 1.25. The van der Waals surface area contributed by atoms with E-state index in [-0.39, 0.29) is 121 Å². The van der Waals surface area contributed by atoms with Gasteiger partial charge in [-0.15, -0.1) is 0 Å². The van der Waals surface area contributed by atoms with Gasteiger partial charge in [0.1, 0.15) is 91.0 Å². The second-order valence-electron chi connectivity index (χ2n) is 29.1. The summed E-state index contributed by atoms with van der Waals surface area (Å²) in [5, 5.41) is 31.1. The van der Waals surface area contributed by atoms with Gasteiger partial charge < -0.3 is 61.3 Å². The van der Waals surface area contributed by atoms with Crippen LogP contribution < -0.4 is 64.1 Å². The van der Waals surface area contributed by atoms with E-state index in [9.17, 15) is 38.4 Å². The summed E-state index contributed by atoms with van der Waals surface area (Å²) in [5.41, 5.74) is 5.56. The van der Waals surface area contributed by atoms with Crippen LogP contribution >= 0.6 is 11.6 Å². The number of nitrogen functional groups attached to an aromatic ring is 1. The SMILES string of the molecule is CNc1cc(Nc2cccn(-c3ccccn3)c2=O)nc2c(C(=O)NC3CC[C@H]3OC)cnn12.CO[C@@H]1CCC1NC(=O)c1cnn2c(N(C)C(=O)OC(C)(C)C)cc(Cl)nc12.CO[C@@H]1CCC1NC(=O)c1cnn2c(N(C)C(=O)OC(C)(C)C)cc(Nc3cccn(-c4ccccn4)c3=O)nc12.Nc1cccn(-c2ccccn2)c1=O. The van der Waals surface area contributed by atoms with Crippen molar-refractivity contribution in [2.75, 3.05) is 74.0 Å². The molecule has 3 fully saturated rings. The quantitative estimate of drug-likeness (QED) is 0.0372. The fourth-order valence-corrected chi connectivity index (χ4v) is 12.6. The van der Waals surface area contributed by atoms with Crippen LogP contribution in [0.1, 0.15) is 111 Å². The molecule has 6 atom stereocenters. The molecule has 3 saturated carbocycles. The van der Waals surface area contributed by atoms with Crippen LogP contribution in [0.5, 0.6) is 0 Å². The molecule has 0 aliphatic heterocycles. The number of aromatic nitrogens is 15. The molecule has 3 aliphatic rings. The van der Waals surface area contributed by atoms with Crippen LogP contribution in [0.2, 0.25) is 5.15 Å². The Bertz CT molecular complexity index is 5780. The molecule has 5 amide bonds. The highest BCUT2D eigenvalue weighted by molar-refractivity contribution is 6.30. The van der Waals surface area contributed by atoms with Gasteiger partial charge in [0.15, 0.2) is 16.9 Å². The second-order valence-corrected chi connectivity index (χ2v) is 29.5. The number of pyridine rings is 6. The molecule has 12 aromatic heterocycles. The van der Waals surface area contributed by atoms with Crippen molar-refractivity contribution in [3.8, 4) is 17.5 Å². The molecule has 15 rings (SSSR count). The van der Waals surface area contributed by atoms with Crippen molar-refractivity contribution in [3.63, 3.8) is 0 Å². The first-order chi connectivity index (χ1) is 56.0. The minimum absolute atomic E-state index is 0.0104. The van der Waals surface area contributed by atoms with E-state index in [1.807, 2.05) is 12.1 Å². The topological polar surface area (TPSA) is 431 Å². The standard InChI is InChI=1S/C28H32N8O5.C23H24N8O3.C18H24ClN5O4.C10H9N3O/c1-28(2,3)41-27(39)34(4)23-15-21(31-19-9-8-14-35(26(19)38)22-10-6-7-13-29-22)33-24-17(16-30-36(23)24)25(37)32-18-11-12-20(18)40-5;1-24-20-12-18(27-16-6-5-11-30(23(16)33)19-7-3-4-10-25-19)29-21-14(13-26-31(20)21)22(32)28-15-8-9-17(15)34-2;1-18(2,3)28-17(26)23(4)14-8-13(19)22-15-10(9-20-24(14)15)16(25)21-11-6-7-12(11)27-5;11-8-4-3-7-13(10(8)14)9-5-1-2-6-12-9/h6-10,13-16,18,20H,11-12H2,1-5H3,(H,31,33)(H,32,37);3-7,10-13,15,17,24H,8-9H2,1-2H3,(H,27,29)(H,28,32);8-9,11-12H,6-7H2,1-5H3,(H,21,25);1-7H,11H2/t18?,20-;15?,17-;11?,12-;/m111./s1. The largest absolute Gasteiger partial charge is 0.443 e. The summed E-state index contributed by atoms with van der Waals surface area (Å²) in [7, 11) is 9.69. The van der Waals surface area contributed by atoms with E-state index in [0.717, 1.165) is 38.5 Å². The number of amides is 5. The average molecular weight is 1620 g/mol. The third-order valence-corrected chi connectivity index (χ3v) is 19.1. The summed E-state index contributed by atoms with van der Waals surface area (Å²) in [4.78, 5) is 131. The molecule has 37 nitrogen and oxygen atoms in total. The van der Waals surface area contributed by atoms with Crippen molar-refractivity contribution >= 4 is 105 Å². The van der Waals surface area contributed by atoms with Gasteiger partial charge in [0.05, 0.1) is 60.7 Å². The van der Waals surface area contributed by atoms with Crippen LogP contribution in [0.25, 0.3) is 34.4 Å². The molecule has 610 valence electrons. The Morgan fingerprint density at radius 2 is 0.846 bits per heavy atom. The predicted molar refractivity (Wildman–Crippen MR) is 437 cm³/mol. The van der Waals surface area contributed by atoms with Crippen LogP contribution in [0.4, 0.5) is 55.7 Å². The maximum atomic E-state index is 13.3. The number of ether oxygens (including phenoxy) is 5. The Morgan fingerprint density at radius 3 is 1.21 bits per heavy atom. The van der Waals surface area contributed by atoms with E-state index in [1.165, 1.54) is 71.3 Å². The maximum absolute atomic E-state index is 13.3. The number of nitrogens with zero attached hydrogens (tertiary/aromatic N) is 17. The van der Waals surface area contributed by atoms with Gasteiger partial charge >= 0.3 is 12.2 Å². The van der Waals surface area contributed by atoms with E-state index in [0.29, 0.717) is 51.8 Å². The number of carbonyl (C=O) groups excluding carboxylic acids is 5. The minimum atomic E-state index is -0.741. The first kappa shape index (κ1) is 82.9. The molecule has 0 bridgehead atoms. The third kappa shape index (κ3) is 19.1. The number of hydrogen-bond acceptors (Lipinski definition) is 26. The number of nitrogens with one attached hydrogen (secondary N) is 6. The number of anilines is 8. The second kappa shape index (κ2) is 35.9. The maximum Gasteiger partial charge on any atom is 0.415 e. The van der Waals surface area contributed by atoms with Gasteiger partial charge in [0, 0.05) is 97.9 Å². The van der Waals surface area contributed by atoms with Crippen LogP contribution in [0, 0.1) is 0 Å². The Hall–Kier alpha value is -13.5. The zero-order chi connectivity index (χ0) is 83.6. The first-order valence-corrected chi connectivity index (χ1v) is 37.5. The van der Waals surface area contributed by atoms with Gasteiger partial charge in [-0.3, -0.25) is 52.3 Å². The fourth-order valence-electron chi connectivity index (χ4n) is 12.4. The molecule has 0 saturated heterocycles. The summed E-state index contributed by atoms with van der Waals surface area (Å²) in [6.45, 7) is 10.6. The fraction of sp³-hybridized carbons (Fsp3) is 0.329. The number of halogens is 1. The van der Waals surface area contributed by atoms with E-state index < -0.39 is 23.4 Å². The van der Waals surface area contributed by atoms with E-state index >= 15 is 0 Å². The van der Waals surface area contributed by atoms with Gasteiger partial charge in [0.25, 0.3) is 34.4 Å². The molecular formula is C79H89ClN24O13. The Labute approximate surface area is 674 Å². The van der Waals surface area contributed by atoms with Crippen LogP contribution in [0.15, 0.2) is 179 Å². The number of carbonyl (C=O) groups is 5. The number of nitrogens with two attached hydrogens (primary N) is 1. The number of rotatable bonds is 19. The predicted octanol–water partition coefficient (Wildman–Crippen LogP) is 8.74. The number of methoxy groups -OCH3 is 3. The molecule has 3 aliphatic carbocycles. The van der Waals surface area contributed by atoms with E-state index in [2.05, 4.69) is 77.1 Å².